The first kappa shape index (κ1) is 11.0. The summed E-state index contributed by atoms with van der Waals surface area (Å²) >= 11 is 0. The van der Waals surface area contributed by atoms with E-state index in [2.05, 4.69) is 9.97 Å². The van der Waals surface area contributed by atoms with Crippen molar-refractivity contribution in [2.45, 2.75) is 25.7 Å². The van der Waals surface area contributed by atoms with E-state index < -0.39 is 11.7 Å². The second kappa shape index (κ2) is 3.80. The van der Waals surface area contributed by atoms with Gasteiger partial charge in [0.25, 0.3) is 5.91 Å². The molecule has 0 spiro atoms. The van der Waals surface area contributed by atoms with Gasteiger partial charge in [0.15, 0.2) is 5.79 Å². The van der Waals surface area contributed by atoms with E-state index in [1.807, 2.05) is 13.8 Å². The summed E-state index contributed by atoms with van der Waals surface area (Å²) in [5.41, 5.74) is 5.84. The molecule has 1 aliphatic heterocycles. The average molecular weight is 223 g/mol. The van der Waals surface area contributed by atoms with Gasteiger partial charge in [-0.1, -0.05) is 0 Å². The van der Waals surface area contributed by atoms with Crippen LogP contribution in [-0.4, -0.2) is 28.3 Å². The molecule has 2 rings (SSSR count). The molecule has 1 aromatic rings. The van der Waals surface area contributed by atoms with Crippen molar-refractivity contribution in [2.24, 2.45) is 5.73 Å². The lowest BCUT2D eigenvalue weighted by Crippen LogP contribution is -2.20. The van der Waals surface area contributed by atoms with Crippen molar-refractivity contribution in [2.75, 3.05) is 6.61 Å². The van der Waals surface area contributed by atoms with Gasteiger partial charge in [0.05, 0.1) is 24.7 Å². The molecule has 1 saturated heterocycles. The fraction of sp³-hybridized carbons (Fsp3) is 0.500. The Morgan fingerprint density at radius 3 is 2.69 bits per heavy atom. The summed E-state index contributed by atoms with van der Waals surface area (Å²) in [6.07, 6.45) is 2.58. The van der Waals surface area contributed by atoms with E-state index in [0.717, 1.165) is 0 Å². The highest BCUT2D eigenvalue weighted by molar-refractivity contribution is 5.90. The van der Waals surface area contributed by atoms with Crippen molar-refractivity contribution in [3.63, 3.8) is 0 Å². The lowest BCUT2D eigenvalue weighted by Gasteiger charge is -2.16. The Balaban J connectivity index is 2.14. The number of aromatic nitrogens is 2. The standard InChI is InChI=1S/C10H13N3O3/c1-10(2)15-5-8(16-10)6-3-13-7(4-12-6)9(11)14/h3-4,8H,5H2,1-2H3,(H2,11,14). The number of hydrogen-bond acceptors (Lipinski definition) is 5. The third-order valence-corrected chi connectivity index (χ3v) is 2.26. The molecule has 2 heterocycles. The molecule has 0 radical (unpaired) electrons. The molecule has 0 aromatic carbocycles. The van der Waals surface area contributed by atoms with E-state index in [1.165, 1.54) is 12.4 Å². The van der Waals surface area contributed by atoms with E-state index in [0.29, 0.717) is 12.3 Å². The van der Waals surface area contributed by atoms with E-state index in [4.69, 9.17) is 15.2 Å². The lowest BCUT2D eigenvalue weighted by molar-refractivity contribution is -0.139. The number of carbonyl (C=O) groups excluding carboxylic acids is 1. The number of ether oxygens (including phenoxy) is 2. The Labute approximate surface area is 92.8 Å². The molecule has 1 amide bonds. The minimum Gasteiger partial charge on any atom is -0.364 e. The Morgan fingerprint density at radius 2 is 2.25 bits per heavy atom. The molecule has 6 nitrogen and oxygen atoms in total. The van der Waals surface area contributed by atoms with Crippen LogP contribution in [0.25, 0.3) is 0 Å². The second-order valence-electron chi connectivity index (χ2n) is 4.01. The average Bonchev–Trinajstić information content (AvgIpc) is 2.59. The monoisotopic (exact) mass is 223 g/mol. The molecular formula is C10H13N3O3. The zero-order chi connectivity index (χ0) is 11.8. The Bertz CT molecular complexity index is 402. The van der Waals surface area contributed by atoms with Crippen LogP contribution >= 0.6 is 0 Å². The predicted octanol–water partition coefficient (Wildman–Crippen LogP) is 0.400. The van der Waals surface area contributed by atoms with Crippen molar-refractivity contribution in [1.82, 2.24) is 9.97 Å². The fourth-order valence-electron chi connectivity index (χ4n) is 1.46. The number of nitrogens with two attached hydrogens (primary N) is 1. The van der Waals surface area contributed by atoms with E-state index in [9.17, 15) is 4.79 Å². The van der Waals surface area contributed by atoms with Crippen molar-refractivity contribution in [1.29, 1.82) is 0 Å². The van der Waals surface area contributed by atoms with Gasteiger partial charge in [-0.25, -0.2) is 4.98 Å². The third kappa shape index (κ3) is 2.17. The largest absolute Gasteiger partial charge is 0.364 e. The maximum atomic E-state index is 10.8. The summed E-state index contributed by atoms with van der Waals surface area (Å²) in [6.45, 7) is 4.09. The van der Waals surface area contributed by atoms with Crippen LogP contribution in [0, 0.1) is 0 Å². The molecule has 1 aromatic heterocycles. The van der Waals surface area contributed by atoms with Gasteiger partial charge in [0.2, 0.25) is 0 Å². The molecule has 0 saturated carbocycles. The lowest BCUT2D eigenvalue weighted by atomic mass is 10.3. The first-order valence-electron chi connectivity index (χ1n) is 4.91. The van der Waals surface area contributed by atoms with Gasteiger partial charge >= 0.3 is 0 Å². The molecule has 1 fully saturated rings. The van der Waals surface area contributed by atoms with Crippen LogP contribution in [0.5, 0.6) is 0 Å². The molecule has 0 aliphatic carbocycles. The minimum atomic E-state index is -0.602. The molecule has 6 heteroatoms. The molecule has 0 bridgehead atoms. The molecule has 86 valence electrons. The molecule has 1 atom stereocenters. The minimum absolute atomic E-state index is 0.141. The summed E-state index contributed by atoms with van der Waals surface area (Å²) in [6, 6.07) is 0. The van der Waals surface area contributed by atoms with Crippen LogP contribution in [-0.2, 0) is 9.47 Å². The van der Waals surface area contributed by atoms with E-state index >= 15 is 0 Å². The first-order chi connectivity index (χ1) is 7.48. The highest BCUT2D eigenvalue weighted by atomic mass is 16.7. The van der Waals surface area contributed by atoms with Gasteiger partial charge in [0.1, 0.15) is 11.8 Å². The van der Waals surface area contributed by atoms with Crippen molar-refractivity contribution < 1.29 is 14.3 Å². The highest BCUT2D eigenvalue weighted by Crippen LogP contribution is 2.31. The van der Waals surface area contributed by atoms with Crippen molar-refractivity contribution >= 4 is 5.91 Å². The number of rotatable bonds is 2. The molecule has 1 unspecified atom stereocenters. The first-order valence-corrected chi connectivity index (χ1v) is 4.91. The molecule has 16 heavy (non-hydrogen) atoms. The molecule has 2 N–H and O–H groups in total. The van der Waals surface area contributed by atoms with Gasteiger partial charge in [-0.3, -0.25) is 9.78 Å². The Morgan fingerprint density at radius 1 is 1.50 bits per heavy atom. The van der Waals surface area contributed by atoms with Crippen LogP contribution in [0.4, 0.5) is 0 Å². The second-order valence-corrected chi connectivity index (χ2v) is 4.01. The van der Waals surface area contributed by atoms with Gasteiger partial charge in [-0.15, -0.1) is 0 Å². The third-order valence-electron chi connectivity index (χ3n) is 2.26. The zero-order valence-corrected chi connectivity index (χ0v) is 9.14. The Hall–Kier alpha value is -1.53. The van der Waals surface area contributed by atoms with Gasteiger partial charge < -0.3 is 15.2 Å². The van der Waals surface area contributed by atoms with Crippen LogP contribution in [0.15, 0.2) is 12.4 Å². The van der Waals surface area contributed by atoms with Crippen molar-refractivity contribution in [3.8, 4) is 0 Å². The van der Waals surface area contributed by atoms with Gasteiger partial charge in [0, 0.05) is 0 Å². The number of primary amides is 1. The van der Waals surface area contributed by atoms with E-state index in [-0.39, 0.29) is 11.8 Å². The Kier molecular flexibility index (Phi) is 2.61. The molecule has 1 aliphatic rings. The van der Waals surface area contributed by atoms with Crippen molar-refractivity contribution in [3.05, 3.63) is 23.8 Å². The summed E-state index contributed by atoms with van der Waals surface area (Å²) < 4.78 is 11.0. The fourth-order valence-corrected chi connectivity index (χ4v) is 1.46. The number of carbonyl (C=O) groups is 1. The predicted molar refractivity (Wildman–Crippen MR) is 54.4 cm³/mol. The topological polar surface area (TPSA) is 87.3 Å². The van der Waals surface area contributed by atoms with Crippen LogP contribution in [0.3, 0.4) is 0 Å². The van der Waals surface area contributed by atoms with Crippen LogP contribution in [0.2, 0.25) is 0 Å². The maximum absolute atomic E-state index is 10.8. The summed E-state index contributed by atoms with van der Waals surface area (Å²) in [5, 5.41) is 0. The zero-order valence-electron chi connectivity index (χ0n) is 9.14. The quantitative estimate of drug-likeness (QED) is 0.784. The van der Waals surface area contributed by atoms with Gasteiger partial charge in [-0.2, -0.15) is 0 Å². The molecular weight excluding hydrogens is 210 g/mol. The summed E-state index contributed by atoms with van der Waals surface area (Å²) in [4.78, 5) is 18.8. The van der Waals surface area contributed by atoms with Gasteiger partial charge in [-0.05, 0) is 13.8 Å². The highest BCUT2D eigenvalue weighted by Gasteiger charge is 2.34. The van der Waals surface area contributed by atoms with Crippen LogP contribution < -0.4 is 5.73 Å². The van der Waals surface area contributed by atoms with Crippen LogP contribution in [0.1, 0.15) is 36.1 Å². The SMILES string of the molecule is CC1(C)OCC(c2cnc(C(N)=O)cn2)O1. The number of hydrogen-bond donors (Lipinski definition) is 1. The maximum Gasteiger partial charge on any atom is 0.268 e. The normalized spacial score (nSPS) is 23.2. The summed E-state index contributed by atoms with van der Waals surface area (Å²) in [5.74, 6) is -1.20. The smallest absolute Gasteiger partial charge is 0.268 e. The number of nitrogens with zero attached hydrogens (tertiary/aromatic N) is 2. The number of amides is 1. The summed E-state index contributed by atoms with van der Waals surface area (Å²) in [7, 11) is 0. The van der Waals surface area contributed by atoms with E-state index in [1.54, 1.807) is 0 Å².